The second-order valence-electron chi connectivity index (χ2n) is 5.90. The molecule has 0 bridgehead atoms. The zero-order valence-electron chi connectivity index (χ0n) is 13.6. The van der Waals surface area contributed by atoms with Gasteiger partial charge in [-0.2, -0.15) is 0 Å². The molecular formula is C15H27NO5. The Balaban J connectivity index is 4.97. The van der Waals surface area contributed by atoms with Crippen LogP contribution in [0.1, 0.15) is 47.0 Å². The number of carboxylic acids is 1. The first kappa shape index (κ1) is 19.4. The van der Waals surface area contributed by atoms with Crippen molar-refractivity contribution in [2.75, 3.05) is 20.2 Å². The Labute approximate surface area is 126 Å². The molecule has 0 aromatic carbocycles. The van der Waals surface area contributed by atoms with E-state index in [0.29, 0.717) is 6.54 Å². The molecule has 0 spiro atoms. The van der Waals surface area contributed by atoms with Crippen molar-refractivity contribution in [2.45, 2.75) is 47.0 Å². The first-order valence-corrected chi connectivity index (χ1v) is 7.25. The van der Waals surface area contributed by atoms with Gasteiger partial charge < -0.3 is 14.7 Å². The number of aliphatic carboxylic acids is 1. The largest absolute Gasteiger partial charge is 0.481 e. The number of carboxylic acid groups (broad SMARTS) is 1. The predicted octanol–water partition coefficient (Wildman–Crippen LogP) is 1.93. The highest BCUT2D eigenvalue weighted by Gasteiger charge is 2.33. The van der Waals surface area contributed by atoms with Gasteiger partial charge in [0.05, 0.1) is 12.5 Å². The molecule has 21 heavy (non-hydrogen) atoms. The Hall–Kier alpha value is -1.59. The normalized spacial score (nSPS) is 11.3. The Morgan fingerprint density at radius 2 is 1.71 bits per heavy atom. The molecule has 0 saturated carbocycles. The molecule has 0 aliphatic heterocycles. The SMILES string of the molecule is CCC(CC)CN(CC(=O)OC)C(=O)CC(C)(C)C(=O)O. The minimum absolute atomic E-state index is 0.137. The quantitative estimate of drug-likeness (QED) is 0.658. The van der Waals surface area contributed by atoms with Crippen molar-refractivity contribution in [2.24, 2.45) is 11.3 Å². The molecule has 6 heteroatoms. The molecule has 0 atom stereocenters. The molecule has 0 saturated heterocycles. The smallest absolute Gasteiger partial charge is 0.325 e. The van der Waals surface area contributed by atoms with E-state index in [1.54, 1.807) is 0 Å². The van der Waals surface area contributed by atoms with Gasteiger partial charge in [-0.15, -0.1) is 0 Å². The summed E-state index contributed by atoms with van der Waals surface area (Å²) >= 11 is 0. The number of esters is 1. The van der Waals surface area contributed by atoms with Crippen LogP contribution < -0.4 is 0 Å². The lowest BCUT2D eigenvalue weighted by Crippen LogP contribution is -2.42. The molecule has 0 aromatic rings. The molecule has 6 nitrogen and oxygen atoms in total. The van der Waals surface area contributed by atoms with Crippen molar-refractivity contribution in [3.63, 3.8) is 0 Å². The Morgan fingerprint density at radius 3 is 2.10 bits per heavy atom. The van der Waals surface area contributed by atoms with Gasteiger partial charge >= 0.3 is 11.9 Å². The maximum atomic E-state index is 12.3. The third kappa shape index (κ3) is 6.60. The number of ether oxygens (including phenoxy) is 1. The maximum absolute atomic E-state index is 12.3. The highest BCUT2D eigenvalue weighted by Crippen LogP contribution is 2.22. The Morgan fingerprint density at radius 1 is 1.19 bits per heavy atom. The van der Waals surface area contributed by atoms with Gasteiger partial charge in [-0.3, -0.25) is 14.4 Å². The number of hydrogen-bond donors (Lipinski definition) is 1. The molecule has 0 radical (unpaired) electrons. The summed E-state index contributed by atoms with van der Waals surface area (Å²) in [6.07, 6.45) is 1.65. The molecule has 0 aromatic heterocycles. The lowest BCUT2D eigenvalue weighted by molar-refractivity contribution is -0.153. The van der Waals surface area contributed by atoms with E-state index in [1.807, 2.05) is 13.8 Å². The van der Waals surface area contributed by atoms with Crippen molar-refractivity contribution >= 4 is 17.8 Å². The number of methoxy groups -OCH3 is 1. The summed E-state index contributed by atoms with van der Waals surface area (Å²) in [6.45, 7) is 7.35. The Kier molecular flexibility index (Phi) is 7.99. The third-order valence-corrected chi connectivity index (χ3v) is 3.71. The highest BCUT2D eigenvalue weighted by molar-refractivity contribution is 5.86. The molecule has 0 rings (SSSR count). The number of amides is 1. The predicted molar refractivity (Wildman–Crippen MR) is 78.7 cm³/mol. The van der Waals surface area contributed by atoms with Crippen molar-refractivity contribution in [1.29, 1.82) is 0 Å². The second kappa shape index (κ2) is 8.64. The summed E-state index contributed by atoms with van der Waals surface area (Å²) in [5.74, 6) is -1.58. The molecule has 0 aliphatic rings. The van der Waals surface area contributed by atoms with E-state index in [1.165, 1.54) is 25.9 Å². The number of hydrogen-bond acceptors (Lipinski definition) is 4. The van der Waals surface area contributed by atoms with E-state index in [9.17, 15) is 14.4 Å². The van der Waals surface area contributed by atoms with Crippen LogP contribution in [-0.2, 0) is 19.1 Å². The van der Waals surface area contributed by atoms with Crippen molar-refractivity contribution in [3.8, 4) is 0 Å². The molecule has 0 fully saturated rings. The van der Waals surface area contributed by atoms with Gasteiger partial charge in [-0.1, -0.05) is 26.7 Å². The number of nitrogens with zero attached hydrogens (tertiary/aromatic N) is 1. The van der Waals surface area contributed by atoms with Gasteiger partial charge in [-0.25, -0.2) is 0 Å². The van der Waals surface area contributed by atoms with E-state index in [4.69, 9.17) is 5.11 Å². The minimum Gasteiger partial charge on any atom is -0.481 e. The number of carbonyl (C=O) groups excluding carboxylic acids is 2. The van der Waals surface area contributed by atoms with Crippen LogP contribution in [0.15, 0.2) is 0 Å². The maximum Gasteiger partial charge on any atom is 0.325 e. The molecule has 1 amide bonds. The van der Waals surface area contributed by atoms with E-state index >= 15 is 0 Å². The fourth-order valence-corrected chi connectivity index (χ4v) is 1.90. The van der Waals surface area contributed by atoms with E-state index in [-0.39, 0.29) is 24.8 Å². The van der Waals surface area contributed by atoms with Gasteiger partial charge in [0.2, 0.25) is 5.91 Å². The third-order valence-electron chi connectivity index (χ3n) is 3.71. The van der Waals surface area contributed by atoms with Gasteiger partial charge in [0, 0.05) is 13.0 Å². The molecule has 122 valence electrons. The average molecular weight is 301 g/mol. The fraction of sp³-hybridized carbons (Fsp3) is 0.800. The van der Waals surface area contributed by atoms with Crippen LogP contribution in [0.5, 0.6) is 0 Å². The fourth-order valence-electron chi connectivity index (χ4n) is 1.90. The van der Waals surface area contributed by atoms with E-state index in [0.717, 1.165) is 12.8 Å². The Bertz CT molecular complexity index is 374. The zero-order chi connectivity index (χ0) is 16.6. The molecular weight excluding hydrogens is 274 g/mol. The number of carbonyl (C=O) groups is 3. The van der Waals surface area contributed by atoms with E-state index in [2.05, 4.69) is 4.74 Å². The summed E-state index contributed by atoms with van der Waals surface area (Å²) < 4.78 is 4.61. The van der Waals surface area contributed by atoms with Crippen LogP contribution in [0.2, 0.25) is 0 Å². The van der Waals surface area contributed by atoms with Crippen molar-refractivity contribution in [1.82, 2.24) is 4.90 Å². The van der Waals surface area contributed by atoms with Crippen LogP contribution in [0.4, 0.5) is 0 Å². The molecule has 0 unspecified atom stereocenters. The molecule has 1 N–H and O–H groups in total. The second-order valence-corrected chi connectivity index (χ2v) is 5.90. The molecule has 0 aliphatic carbocycles. The first-order valence-electron chi connectivity index (χ1n) is 7.25. The number of rotatable bonds is 9. The summed E-state index contributed by atoms with van der Waals surface area (Å²) in [5.41, 5.74) is -1.15. The van der Waals surface area contributed by atoms with Crippen LogP contribution in [0.3, 0.4) is 0 Å². The summed E-state index contributed by atoms with van der Waals surface area (Å²) in [4.78, 5) is 36.3. The highest BCUT2D eigenvalue weighted by atomic mass is 16.5. The van der Waals surface area contributed by atoms with Crippen LogP contribution in [0.25, 0.3) is 0 Å². The lowest BCUT2D eigenvalue weighted by Gasteiger charge is -2.28. The summed E-state index contributed by atoms with van der Waals surface area (Å²) in [7, 11) is 1.27. The van der Waals surface area contributed by atoms with Crippen LogP contribution >= 0.6 is 0 Å². The zero-order valence-corrected chi connectivity index (χ0v) is 13.6. The van der Waals surface area contributed by atoms with Crippen molar-refractivity contribution < 1.29 is 24.2 Å². The topological polar surface area (TPSA) is 83.9 Å². The van der Waals surface area contributed by atoms with Crippen LogP contribution in [0, 0.1) is 11.3 Å². The van der Waals surface area contributed by atoms with Gasteiger partial charge in [0.25, 0.3) is 0 Å². The van der Waals surface area contributed by atoms with Crippen molar-refractivity contribution in [3.05, 3.63) is 0 Å². The first-order chi connectivity index (χ1) is 9.67. The van der Waals surface area contributed by atoms with E-state index < -0.39 is 17.4 Å². The van der Waals surface area contributed by atoms with Gasteiger partial charge in [0.1, 0.15) is 6.54 Å². The summed E-state index contributed by atoms with van der Waals surface area (Å²) in [6, 6.07) is 0. The molecule has 0 heterocycles. The summed E-state index contributed by atoms with van der Waals surface area (Å²) in [5, 5.41) is 9.11. The van der Waals surface area contributed by atoms with Gasteiger partial charge in [0.15, 0.2) is 0 Å². The lowest BCUT2D eigenvalue weighted by atomic mass is 9.88. The van der Waals surface area contributed by atoms with Crippen LogP contribution in [-0.4, -0.2) is 48.1 Å². The monoisotopic (exact) mass is 301 g/mol. The average Bonchev–Trinajstić information content (AvgIpc) is 2.42. The minimum atomic E-state index is -1.15. The standard InChI is InChI=1S/C15H27NO5/c1-6-11(7-2)9-16(10-13(18)21-5)12(17)8-15(3,4)14(19)20/h11H,6-10H2,1-5H3,(H,19,20). The van der Waals surface area contributed by atoms with Gasteiger partial charge in [-0.05, 0) is 19.8 Å².